The molecule has 1 amide bonds. The fraction of sp³-hybridized carbons (Fsp3) is 0.381. The molecule has 5 heteroatoms. The van der Waals surface area contributed by atoms with Crippen molar-refractivity contribution in [2.24, 2.45) is 5.92 Å². The molecule has 138 valence electrons. The summed E-state index contributed by atoms with van der Waals surface area (Å²) in [5.41, 5.74) is 9.25. The molecule has 26 heavy (non-hydrogen) atoms. The van der Waals surface area contributed by atoms with Crippen LogP contribution < -0.4 is 20.7 Å². The third-order valence-electron chi connectivity index (χ3n) is 4.82. The molecule has 1 aliphatic heterocycles. The first kappa shape index (κ1) is 18.1. The minimum absolute atomic E-state index is 0.175. The predicted octanol–water partition coefficient (Wildman–Crippen LogP) is 4.16. The first-order valence-electron chi connectivity index (χ1n) is 9.25. The SMILES string of the molecule is CCOc1cccc(C(=O)Nc2ccc(N3CCC(C)CC3)c(N)c2)c1. The molecule has 1 saturated heterocycles. The number of piperidine rings is 1. The normalized spacial score (nSPS) is 14.9. The van der Waals surface area contributed by atoms with E-state index in [0.717, 1.165) is 24.7 Å². The maximum atomic E-state index is 12.5. The molecule has 2 aromatic carbocycles. The molecule has 0 aromatic heterocycles. The summed E-state index contributed by atoms with van der Waals surface area (Å²) in [5, 5.41) is 2.91. The molecule has 0 unspecified atom stereocenters. The van der Waals surface area contributed by atoms with Gasteiger partial charge in [-0.3, -0.25) is 4.79 Å². The second kappa shape index (κ2) is 8.13. The second-order valence-electron chi connectivity index (χ2n) is 6.86. The molecule has 1 aliphatic rings. The molecule has 0 bridgehead atoms. The smallest absolute Gasteiger partial charge is 0.255 e. The van der Waals surface area contributed by atoms with Gasteiger partial charge in [0.05, 0.1) is 18.0 Å². The van der Waals surface area contributed by atoms with E-state index < -0.39 is 0 Å². The van der Waals surface area contributed by atoms with Gasteiger partial charge in [0.15, 0.2) is 0 Å². The summed E-state index contributed by atoms with van der Waals surface area (Å²) in [6.45, 7) is 6.83. The highest BCUT2D eigenvalue weighted by Crippen LogP contribution is 2.30. The van der Waals surface area contributed by atoms with Crippen LogP contribution in [0.15, 0.2) is 42.5 Å². The summed E-state index contributed by atoms with van der Waals surface area (Å²) in [5.74, 6) is 1.29. The van der Waals surface area contributed by atoms with Crippen molar-refractivity contribution in [1.82, 2.24) is 0 Å². The zero-order chi connectivity index (χ0) is 18.5. The number of anilines is 3. The quantitative estimate of drug-likeness (QED) is 0.792. The fourth-order valence-electron chi connectivity index (χ4n) is 3.27. The molecule has 1 fully saturated rings. The average Bonchev–Trinajstić information content (AvgIpc) is 2.63. The maximum Gasteiger partial charge on any atom is 0.255 e. The van der Waals surface area contributed by atoms with E-state index in [-0.39, 0.29) is 5.91 Å². The van der Waals surface area contributed by atoms with Gasteiger partial charge in [-0.1, -0.05) is 13.0 Å². The second-order valence-corrected chi connectivity index (χ2v) is 6.86. The third-order valence-corrected chi connectivity index (χ3v) is 4.82. The molecule has 0 spiro atoms. The van der Waals surface area contributed by atoms with Crippen LogP contribution >= 0.6 is 0 Å². The van der Waals surface area contributed by atoms with Gasteiger partial charge in [0.25, 0.3) is 5.91 Å². The number of carbonyl (C=O) groups excluding carboxylic acids is 1. The number of amides is 1. The molecule has 2 aromatic rings. The Morgan fingerprint density at radius 3 is 2.69 bits per heavy atom. The Balaban J connectivity index is 1.69. The summed E-state index contributed by atoms with van der Waals surface area (Å²) in [6.07, 6.45) is 2.38. The van der Waals surface area contributed by atoms with E-state index in [0.29, 0.717) is 29.3 Å². The number of nitrogen functional groups attached to an aromatic ring is 1. The molecular weight excluding hydrogens is 326 g/mol. The van der Waals surface area contributed by atoms with Crippen LogP contribution in [0.3, 0.4) is 0 Å². The zero-order valence-corrected chi connectivity index (χ0v) is 15.5. The topological polar surface area (TPSA) is 67.6 Å². The zero-order valence-electron chi connectivity index (χ0n) is 15.5. The van der Waals surface area contributed by atoms with Crippen molar-refractivity contribution in [2.45, 2.75) is 26.7 Å². The number of nitrogens with two attached hydrogens (primary N) is 1. The standard InChI is InChI=1S/C21H27N3O2/c1-3-26-18-6-4-5-16(13-18)21(25)23-17-7-8-20(19(22)14-17)24-11-9-15(2)10-12-24/h4-8,13-15H,3,9-12,22H2,1-2H3,(H,23,25). The lowest BCUT2D eigenvalue weighted by molar-refractivity contribution is 0.102. The van der Waals surface area contributed by atoms with Gasteiger partial charge in [-0.2, -0.15) is 0 Å². The molecule has 3 rings (SSSR count). The van der Waals surface area contributed by atoms with Gasteiger partial charge in [-0.25, -0.2) is 0 Å². The van der Waals surface area contributed by atoms with Crippen molar-refractivity contribution in [3.63, 3.8) is 0 Å². The van der Waals surface area contributed by atoms with E-state index in [1.54, 1.807) is 12.1 Å². The van der Waals surface area contributed by atoms with Crippen LogP contribution in [-0.2, 0) is 0 Å². The predicted molar refractivity (Wildman–Crippen MR) is 107 cm³/mol. The summed E-state index contributed by atoms with van der Waals surface area (Å²) in [7, 11) is 0. The molecular formula is C21H27N3O2. The number of hydrogen-bond acceptors (Lipinski definition) is 4. The van der Waals surface area contributed by atoms with E-state index in [1.165, 1.54) is 12.8 Å². The van der Waals surface area contributed by atoms with Crippen molar-refractivity contribution >= 4 is 23.0 Å². The van der Waals surface area contributed by atoms with Crippen LogP contribution in [0.5, 0.6) is 5.75 Å². The number of benzene rings is 2. The number of nitrogens with one attached hydrogen (secondary N) is 1. The van der Waals surface area contributed by atoms with Gasteiger partial charge < -0.3 is 20.7 Å². The minimum atomic E-state index is -0.175. The number of rotatable bonds is 5. The minimum Gasteiger partial charge on any atom is -0.494 e. The summed E-state index contributed by atoms with van der Waals surface area (Å²) < 4.78 is 5.45. The largest absolute Gasteiger partial charge is 0.494 e. The van der Waals surface area contributed by atoms with Crippen molar-refractivity contribution < 1.29 is 9.53 Å². The molecule has 0 atom stereocenters. The Labute approximate surface area is 155 Å². The van der Waals surface area contributed by atoms with Gasteiger partial charge in [0.2, 0.25) is 0 Å². The van der Waals surface area contributed by atoms with Crippen LogP contribution in [0.25, 0.3) is 0 Å². The fourth-order valence-corrected chi connectivity index (χ4v) is 3.27. The number of nitrogens with zero attached hydrogens (tertiary/aromatic N) is 1. The lowest BCUT2D eigenvalue weighted by Gasteiger charge is -2.33. The molecule has 3 N–H and O–H groups in total. The monoisotopic (exact) mass is 353 g/mol. The van der Waals surface area contributed by atoms with E-state index in [4.69, 9.17) is 10.5 Å². The van der Waals surface area contributed by atoms with Gasteiger partial charge in [-0.15, -0.1) is 0 Å². The number of carbonyl (C=O) groups is 1. The Bertz CT molecular complexity index is 768. The first-order chi connectivity index (χ1) is 12.6. The van der Waals surface area contributed by atoms with Gasteiger partial charge in [0, 0.05) is 24.3 Å². The molecule has 0 saturated carbocycles. The Hall–Kier alpha value is -2.69. The van der Waals surface area contributed by atoms with Gasteiger partial charge in [0.1, 0.15) is 5.75 Å². The van der Waals surface area contributed by atoms with Crippen molar-refractivity contribution in [3.8, 4) is 5.75 Å². The molecule has 0 aliphatic carbocycles. The first-order valence-corrected chi connectivity index (χ1v) is 9.25. The van der Waals surface area contributed by atoms with Gasteiger partial charge in [-0.05, 0) is 62.1 Å². The summed E-state index contributed by atoms with van der Waals surface area (Å²) in [4.78, 5) is 14.8. The van der Waals surface area contributed by atoms with Crippen LogP contribution in [-0.4, -0.2) is 25.6 Å². The van der Waals surface area contributed by atoms with Crippen molar-refractivity contribution in [3.05, 3.63) is 48.0 Å². The lowest BCUT2D eigenvalue weighted by Crippen LogP contribution is -2.33. The van der Waals surface area contributed by atoms with Crippen LogP contribution in [0.4, 0.5) is 17.1 Å². The number of hydrogen-bond donors (Lipinski definition) is 2. The summed E-state index contributed by atoms with van der Waals surface area (Å²) >= 11 is 0. The molecule has 5 nitrogen and oxygen atoms in total. The van der Waals surface area contributed by atoms with Crippen LogP contribution in [0.1, 0.15) is 37.0 Å². The Kier molecular flexibility index (Phi) is 5.66. The Morgan fingerprint density at radius 1 is 1.23 bits per heavy atom. The van der Waals surface area contributed by atoms with Crippen LogP contribution in [0, 0.1) is 5.92 Å². The van der Waals surface area contributed by atoms with Crippen LogP contribution in [0.2, 0.25) is 0 Å². The summed E-state index contributed by atoms with van der Waals surface area (Å²) in [6, 6.07) is 12.9. The van der Waals surface area contributed by atoms with E-state index >= 15 is 0 Å². The van der Waals surface area contributed by atoms with E-state index in [1.807, 2.05) is 37.3 Å². The van der Waals surface area contributed by atoms with E-state index in [9.17, 15) is 4.79 Å². The Morgan fingerprint density at radius 2 is 2.00 bits per heavy atom. The van der Waals surface area contributed by atoms with Gasteiger partial charge >= 0.3 is 0 Å². The van der Waals surface area contributed by atoms with E-state index in [2.05, 4.69) is 17.1 Å². The van der Waals surface area contributed by atoms with Crippen molar-refractivity contribution in [1.29, 1.82) is 0 Å². The highest BCUT2D eigenvalue weighted by molar-refractivity contribution is 6.04. The number of ether oxygens (including phenoxy) is 1. The van der Waals surface area contributed by atoms with Crippen molar-refractivity contribution in [2.75, 3.05) is 35.6 Å². The lowest BCUT2D eigenvalue weighted by atomic mass is 9.98. The molecule has 0 radical (unpaired) electrons. The highest BCUT2D eigenvalue weighted by Gasteiger charge is 2.18. The third kappa shape index (κ3) is 4.28. The average molecular weight is 353 g/mol. The molecule has 1 heterocycles. The maximum absolute atomic E-state index is 12.5. The highest BCUT2D eigenvalue weighted by atomic mass is 16.5.